The van der Waals surface area contributed by atoms with Gasteiger partial charge in [-0.25, -0.2) is 0 Å². The smallest absolute Gasteiger partial charge is 0.274 e. The zero-order valence-electron chi connectivity index (χ0n) is 11.8. The van der Waals surface area contributed by atoms with Crippen molar-refractivity contribution in [2.45, 2.75) is 19.4 Å². The van der Waals surface area contributed by atoms with Crippen molar-refractivity contribution >= 4 is 34.8 Å². The number of pyridine rings is 1. The van der Waals surface area contributed by atoms with Gasteiger partial charge in [0.05, 0.1) is 6.54 Å². The first-order valence-electron chi connectivity index (χ1n) is 7.00. The van der Waals surface area contributed by atoms with Gasteiger partial charge in [0.15, 0.2) is 0 Å². The van der Waals surface area contributed by atoms with E-state index in [2.05, 4.69) is 0 Å². The molecule has 1 amide bonds. The highest BCUT2D eigenvalue weighted by Gasteiger charge is 2.24. The number of benzene rings is 1. The maximum Gasteiger partial charge on any atom is 0.274 e. The van der Waals surface area contributed by atoms with Crippen molar-refractivity contribution in [3.05, 3.63) is 62.5 Å². The summed E-state index contributed by atoms with van der Waals surface area (Å²) in [5, 5.41) is 1.03. The van der Waals surface area contributed by atoms with Crippen LogP contribution in [0.3, 0.4) is 0 Å². The lowest BCUT2D eigenvalue weighted by Crippen LogP contribution is -2.32. The Labute approximate surface area is 137 Å². The van der Waals surface area contributed by atoms with Crippen LogP contribution in [0.25, 0.3) is 0 Å². The highest BCUT2D eigenvalue weighted by molar-refractivity contribution is 6.35. The molecule has 1 saturated heterocycles. The van der Waals surface area contributed by atoms with Crippen LogP contribution in [0.2, 0.25) is 10.0 Å². The highest BCUT2D eigenvalue weighted by Crippen LogP contribution is 2.25. The van der Waals surface area contributed by atoms with E-state index in [9.17, 15) is 9.59 Å². The van der Waals surface area contributed by atoms with Crippen LogP contribution < -0.4 is 10.5 Å². The average Bonchev–Trinajstić information content (AvgIpc) is 2.91. The van der Waals surface area contributed by atoms with E-state index < -0.39 is 0 Å². The molecule has 0 bridgehead atoms. The second-order valence-corrected chi connectivity index (χ2v) is 5.99. The molecule has 2 aromatic rings. The average molecular weight is 337 g/mol. The number of nitrogens with zero attached hydrogens (tertiary/aromatic N) is 2. The molecule has 3 rings (SSSR count). The molecule has 1 aliphatic rings. The predicted octanol–water partition coefficient (Wildman–Crippen LogP) is 3.33. The second kappa shape index (κ2) is 6.15. The number of amides is 1. The number of carbonyl (C=O) groups is 1. The SMILES string of the molecule is O=C1CCCN1c1cccn(Cc2c(Cl)cccc2Cl)c1=O. The molecular formula is C16H14Cl2N2O2. The van der Waals surface area contributed by atoms with Gasteiger partial charge >= 0.3 is 0 Å². The van der Waals surface area contributed by atoms with E-state index in [0.717, 1.165) is 6.42 Å². The summed E-state index contributed by atoms with van der Waals surface area (Å²) in [4.78, 5) is 26.0. The molecule has 0 radical (unpaired) electrons. The Hall–Kier alpha value is -1.78. The Bertz CT molecular complexity index is 766. The molecule has 0 N–H and O–H groups in total. The molecule has 0 saturated carbocycles. The number of carbonyl (C=O) groups excluding carboxylic acids is 1. The molecule has 0 aliphatic carbocycles. The van der Waals surface area contributed by atoms with Gasteiger partial charge in [0.1, 0.15) is 5.69 Å². The Kier molecular flexibility index (Phi) is 4.23. The van der Waals surface area contributed by atoms with E-state index in [4.69, 9.17) is 23.2 Å². The van der Waals surface area contributed by atoms with Crippen molar-refractivity contribution in [1.29, 1.82) is 0 Å². The molecular weight excluding hydrogens is 323 g/mol. The fourth-order valence-electron chi connectivity index (χ4n) is 2.61. The number of aromatic nitrogens is 1. The molecule has 22 heavy (non-hydrogen) atoms. The first kappa shape index (κ1) is 15.1. The van der Waals surface area contributed by atoms with Crippen LogP contribution in [0.15, 0.2) is 41.3 Å². The Morgan fingerprint density at radius 3 is 2.41 bits per heavy atom. The maximum atomic E-state index is 12.6. The van der Waals surface area contributed by atoms with Crippen molar-refractivity contribution in [2.75, 3.05) is 11.4 Å². The molecule has 0 unspecified atom stereocenters. The van der Waals surface area contributed by atoms with Crippen LogP contribution >= 0.6 is 23.2 Å². The van der Waals surface area contributed by atoms with Crippen molar-refractivity contribution in [3.63, 3.8) is 0 Å². The van der Waals surface area contributed by atoms with Crippen molar-refractivity contribution in [2.24, 2.45) is 0 Å². The minimum absolute atomic E-state index is 0.00868. The minimum atomic E-state index is -0.214. The number of hydrogen-bond donors (Lipinski definition) is 0. The molecule has 1 fully saturated rings. The Balaban J connectivity index is 1.99. The summed E-state index contributed by atoms with van der Waals surface area (Å²) in [5.74, 6) is -0.00868. The fraction of sp³-hybridized carbons (Fsp3) is 0.250. The van der Waals surface area contributed by atoms with Crippen LogP contribution in [0.4, 0.5) is 5.69 Å². The monoisotopic (exact) mass is 336 g/mol. The number of anilines is 1. The molecule has 4 nitrogen and oxygen atoms in total. The standard InChI is InChI=1S/C16H14Cl2N2O2/c17-12-4-1-5-13(18)11(12)10-19-8-2-6-14(16(19)22)20-9-3-7-15(20)21/h1-2,4-6,8H,3,7,9-10H2. The maximum absolute atomic E-state index is 12.6. The summed E-state index contributed by atoms with van der Waals surface area (Å²) in [6, 6.07) is 8.67. The Morgan fingerprint density at radius 1 is 1.05 bits per heavy atom. The van der Waals surface area contributed by atoms with Gasteiger partial charge in [-0.15, -0.1) is 0 Å². The topological polar surface area (TPSA) is 42.3 Å². The van der Waals surface area contributed by atoms with Gasteiger partial charge < -0.3 is 9.47 Å². The molecule has 1 aromatic carbocycles. The molecule has 0 spiro atoms. The van der Waals surface area contributed by atoms with Crippen LogP contribution in [-0.4, -0.2) is 17.0 Å². The van der Waals surface area contributed by atoms with E-state index in [1.807, 2.05) is 0 Å². The second-order valence-electron chi connectivity index (χ2n) is 5.18. The normalized spacial score (nSPS) is 14.6. The molecule has 6 heteroatoms. The number of hydrogen-bond acceptors (Lipinski definition) is 2. The van der Waals surface area contributed by atoms with Gasteiger partial charge in [-0.1, -0.05) is 29.3 Å². The summed E-state index contributed by atoms with van der Waals surface area (Å²) in [6.45, 7) is 0.859. The van der Waals surface area contributed by atoms with Gasteiger partial charge in [-0.2, -0.15) is 0 Å². The zero-order valence-corrected chi connectivity index (χ0v) is 13.3. The summed E-state index contributed by atoms with van der Waals surface area (Å²) in [5.41, 5.74) is 0.889. The summed E-state index contributed by atoms with van der Waals surface area (Å²) < 4.78 is 1.52. The molecule has 1 aliphatic heterocycles. The molecule has 0 atom stereocenters. The quantitative estimate of drug-likeness (QED) is 0.862. The lowest BCUT2D eigenvalue weighted by molar-refractivity contribution is -0.117. The molecule has 114 valence electrons. The molecule has 1 aromatic heterocycles. The van der Waals surface area contributed by atoms with Crippen molar-refractivity contribution in [1.82, 2.24) is 4.57 Å². The van der Waals surface area contributed by atoms with E-state index in [-0.39, 0.29) is 18.0 Å². The van der Waals surface area contributed by atoms with E-state index in [1.54, 1.807) is 41.4 Å². The lowest BCUT2D eigenvalue weighted by atomic mass is 10.2. The van der Waals surface area contributed by atoms with Gasteiger partial charge in [-0.05, 0) is 30.7 Å². The van der Waals surface area contributed by atoms with E-state index in [0.29, 0.717) is 34.3 Å². The van der Waals surface area contributed by atoms with Gasteiger partial charge in [0.25, 0.3) is 5.56 Å². The summed E-state index contributed by atoms with van der Waals surface area (Å²) >= 11 is 12.3. The fourth-order valence-corrected chi connectivity index (χ4v) is 3.13. The van der Waals surface area contributed by atoms with E-state index in [1.165, 1.54) is 4.57 Å². The molecule has 2 heterocycles. The summed E-state index contributed by atoms with van der Waals surface area (Å²) in [7, 11) is 0. The van der Waals surface area contributed by atoms with Crippen LogP contribution in [0.1, 0.15) is 18.4 Å². The van der Waals surface area contributed by atoms with Crippen molar-refractivity contribution < 1.29 is 4.79 Å². The first-order chi connectivity index (χ1) is 10.6. The largest absolute Gasteiger partial charge is 0.309 e. The van der Waals surface area contributed by atoms with Gasteiger partial charge in [0, 0.05) is 34.8 Å². The minimum Gasteiger partial charge on any atom is -0.309 e. The number of halogens is 2. The summed E-state index contributed by atoms with van der Waals surface area (Å²) in [6.07, 6.45) is 2.94. The van der Waals surface area contributed by atoms with Crippen LogP contribution in [-0.2, 0) is 11.3 Å². The first-order valence-corrected chi connectivity index (χ1v) is 7.76. The van der Waals surface area contributed by atoms with Gasteiger partial charge in [0.2, 0.25) is 5.91 Å². The highest BCUT2D eigenvalue weighted by atomic mass is 35.5. The van der Waals surface area contributed by atoms with E-state index >= 15 is 0 Å². The third-order valence-electron chi connectivity index (χ3n) is 3.75. The van der Waals surface area contributed by atoms with Crippen LogP contribution in [0.5, 0.6) is 0 Å². The van der Waals surface area contributed by atoms with Crippen LogP contribution in [0, 0.1) is 0 Å². The third-order valence-corrected chi connectivity index (χ3v) is 4.46. The predicted molar refractivity (Wildman–Crippen MR) is 87.9 cm³/mol. The number of rotatable bonds is 3. The van der Waals surface area contributed by atoms with Gasteiger partial charge in [-0.3, -0.25) is 9.59 Å². The zero-order chi connectivity index (χ0) is 15.7. The third kappa shape index (κ3) is 2.76. The lowest BCUT2D eigenvalue weighted by Gasteiger charge is -2.17. The Morgan fingerprint density at radius 2 is 1.77 bits per heavy atom. The van der Waals surface area contributed by atoms with Crippen molar-refractivity contribution in [3.8, 4) is 0 Å².